The van der Waals surface area contributed by atoms with E-state index in [1.165, 1.54) is 11.6 Å². The van der Waals surface area contributed by atoms with Crippen LogP contribution in [0, 0.1) is 12.8 Å². The van der Waals surface area contributed by atoms with E-state index in [4.69, 9.17) is 0 Å². The third-order valence-corrected chi connectivity index (χ3v) is 4.65. The fraction of sp³-hybridized carbons (Fsp3) is 0.190. The molecule has 1 amide bonds. The molecule has 26 heavy (non-hydrogen) atoms. The van der Waals surface area contributed by atoms with Gasteiger partial charge in [0.2, 0.25) is 5.91 Å². The lowest BCUT2D eigenvalue weighted by atomic mass is 10.1. The third-order valence-electron chi connectivity index (χ3n) is 4.65. The van der Waals surface area contributed by atoms with Gasteiger partial charge in [0.1, 0.15) is 5.82 Å². The van der Waals surface area contributed by atoms with Crippen molar-refractivity contribution >= 4 is 11.6 Å². The summed E-state index contributed by atoms with van der Waals surface area (Å²) in [6, 6.07) is 18.9. The second-order valence-electron chi connectivity index (χ2n) is 6.66. The molecule has 4 rings (SSSR count). The highest BCUT2D eigenvalue weighted by molar-refractivity contribution is 5.95. The number of nitrogens with zero attached hydrogens (tertiary/aromatic N) is 1. The highest BCUT2D eigenvalue weighted by atomic mass is 16.2. The van der Waals surface area contributed by atoms with Gasteiger partial charge in [-0.1, -0.05) is 30.3 Å². The van der Waals surface area contributed by atoms with Gasteiger partial charge in [-0.2, -0.15) is 0 Å². The molecule has 2 aromatic carbocycles. The Morgan fingerprint density at radius 2 is 1.85 bits per heavy atom. The van der Waals surface area contributed by atoms with E-state index in [-0.39, 0.29) is 17.4 Å². The lowest BCUT2D eigenvalue weighted by molar-refractivity contribution is -0.117. The maximum Gasteiger partial charge on any atom is 0.251 e. The molecule has 0 radical (unpaired) electrons. The van der Waals surface area contributed by atoms with Gasteiger partial charge >= 0.3 is 0 Å². The number of aromatic nitrogens is 2. The third kappa shape index (κ3) is 3.42. The van der Waals surface area contributed by atoms with Crippen molar-refractivity contribution < 1.29 is 4.79 Å². The highest BCUT2D eigenvalue weighted by Crippen LogP contribution is 2.47. The number of benzene rings is 2. The highest BCUT2D eigenvalue weighted by Gasteiger charge is 2.43. The summed E-state index contributed by atoms with van der Waals surface area (Å²) in [7, 11) is 0. The number of nitrogens with one attached hydrogen (secondary N) is 2. The molecular weight excluding hydrogens is 326 g/mol. The van der Waals surface area contributed by atoms with E-state index in [1.807, 2.05) is 42.5 Å². The Morgan fingerprint density at radius 1 is 1.12 bits per heavy atom. The summed E-state index contributed by atoms with van der Waals surface area (Å²) in [4.78, 5) is 31.1. The minimum absolute atomic E-state index is 0.0341. The number of anilines is 1. The molecule has 1 saturated carbocycles. The molecule has 130 valence electrons. The van der Waals surface area contributed by atoms with Gasteiger partial charge in [0.15, 0.2) is 0 Å². The zero-order valence-electron chi connectivity index (χ0n) is 14.4. The first-order chi connectivity index (χ1) is 12.6. The Balaban J connectivity index is 1.43. The van der Waals surface area contributed by atoms with Crippen molar-refractivity contribution in [1.29, 1.82) is 0 Å². The zero-order chi connectivity index (χ0) is 18.1. The van der Waals surface area contributed by atoms with Gasteiger partial charge in [-0.3, -0.25) is 9.59 Å². The van der Waals surface area contributed by atoms with Crippen LogP contribution in [0.3, 0.4) is 0 Å². The van der Waals surface area contributed by atoms with Crippen LogP contribution in [0.25, 0.3) is 11.4 Å². The molecule has 2 atom stereocenters. The van der Waals surface area contributed by atoms with Gasteiger partial charge in [0, 0.05) is 28.9 Å². The summed E-state index contributed by atoms with van der Waals surface area (Å²) in [5.74, 6) is 0.928. The van der Waals surface area contributed by atoms with Gasteiger partial charge in [-0.25, -0.2) is 4.98 Å². The summed E-state index contributed by atoms with van der Waals surface area (Å²) in [5.41, 5.74) is 3.26. The van der Waals surface area contributed by atoms with E-state index in [0.29, 0.717) is 17.4 Å². The SMILES string of the molecule is Cc1cc(=O)[nH]c(-c2ccc(NC(=O)C3CC3c3ccccc3)cc2)n1. The van der Waals surface area contributed by atoms with Crippen LogP contribution in [0.5, 0.6) is 0 Å². The molecule has 1 aliphatic rings. The van der Waals surface area contributed by atoms with Crippen LogP contribution < -0.4 is 10.9 Å². The number of carbonyl (C=O) groups excluding carboxylic acids is 1. The minimum Gasteiger partial charge on any atom is -0.326 e. The molecule has 3 aromatic rings. The van der Waals surface area contributed by atoms with Crippen molar-refractivity contribution in [3.05, 3.63) is 82.3 Å². The predicted octanol–water partition coefficient (Wildman–Crippen LogP) is 3.49. The first-order valence-electron chi connectivity index (χ1n) is 8.64. The van der Waals surface area contributed by atoms with Crippen molar-refractivity contribution in [2.45, 2.75) is 19.3 Å². The van der Waals surface area contributed by atoms with Gasteiger partial charge in [-0.15, -0.1) is 0 Å². The fourth-order valence-corrected chi connectivity index (χ4v) is 3.22. The average Bonchev–Trinajstić information content (AvgIpc) is 3.43. The zero-order valence-corrected chi connectivity index (χ0v) is 14.4. The van der Waals surface area contributed by atoms with Crippen LogP contribution in [0.4, 0.5) is 5.69 Å². The number of aromatic amines is 1. The summed E-state index contributed by atoms with van der Waals surface area (Å²) in [6.45, 7) is 1.78. The number of amides is 1. The van der Waals surface area contributed by atoms with Crippen molar-refractivity contribution in [1.82, 2.24) is 9.97 Å². The monoisotopic (exact) mass is 345 g/mol. The Bertz CT molecular complexity index is 994. The molecule has 0 bridgehead atoms. The lowest BCUT2D eigenvalue weighted by Crippen LogP contribution is -2.14. The number of H-pyrrole nitrogens is 1. The second kappa shape index (κ2) is 6.59. The van der Waals surface area contributed by atoms with Gasteiger partial charge in [0.25, 0.3) is 5.56 Å². The molecule has 5 heteroatoms. The Morgan fingerprint density at radius 3 is 2.54 bits per heavy atom. The molecule has 1 aliphatic carbocycles. The summed E-state index contributed by atoms with van der Waals surface area (Å²) in [6.07, 6.45) is 0.891. The van der Waals surface area contributed by atoms with Crippen LogP contribution in [0.2, 0.25) is 0 Å². The minimum atomic E-state index is -0.175. The van der Waals surface area contributed by atoms with E-state index in [2.05, 4.69) is 27.4 Å². The maximum absolute atomic E-state index is 12.4. The standard InChI is InChI=1S/C21H19N3O2/c1-13-11-19(25)24-20(22-13)15-7-9-16(10-8-15)23-21(26)18-12-17(18)14-5-3-2-4-6-14/h2-11,17-18H,12H2,1H3,(H,23,26)(H,22,24,25). The van der Waals surface area contributed by atoms with Crippen molar-refractivity contribution in [2.75, 3.05) is 5.32 Å². The second-order valence-corrected chi connectivity index (χ2v) is 6.66. The van der Waals surface area contributed by atoms with Crippen molar-refractivity contribution in [3.8, 4) is 11.4 Å². The molecule has 2 N–H and O–H groups in total. The first kappa shape index (κ1) is 16.3. The summed E-state index contributed by atoms with van der Waals surface area (Å²) >= 11 is 0. The molecule has 0 saturated heterocycles. The van der Waals surface area contributed by atoms with Crippen LogP contribution in [-0.4, -0.2) is 15.9 Å². The number of hydrogen-bond donors (Lipinski definition) is 2. The van der Waals surface area contributed by atoms with Gasteiger partial charge < -0.3 is 10.3 Å². The largest absolute Gasteiger partial charge is 0.326 e. The fourth-order valence-electron chi connectivity index (χ4n) is 3.22. The quantitative estimate of drug-likeness (QED) is 0.760. The molecule has 0 spiro atoms. The van der Waals surface area contributed by atoms with E-state index in [0.717, 1.165) is 17.7 Å². The Kier molecular flexibility index (Phi) is 4.13. The number of carbonyl (C=O) groups is 1. The van der Waals surface area contributed by atoms with E-state index in [9.17, 15) is 9.59 Å². The molecule has 0 aliphatic heterocycles. The molecule has 1 heterocycles. The van der Waals surface area contributed by atoms with Crippen molar-refractivity contribution in [2.24, 2.45) is 5.92 Å². The number of rotatable bonds is 4. The summed E-state index contributed by atoms with van der Waals surface area (Å²) < 4.78 is 0. The molecule has 2 unspecified atom stereocenters. The Labute approximate surface area is 151 Å². The molecule has 1 aromatic heterocycles. The molecular formula is C21H19N3O2. The summed E-state index contributed by atoms with van der Waals surface area (Å²) in [5, 5.41) is 2.97. The van der Waals surface area contributed by atoms with E-state index < -0.39 is 0 Å². The van der Waals surface area contributed by atoms with E-state index in [1.54, 1.807) is 6.92 Å². The van der Waals surface area contributed by atoms with Crippen LogP contribution >= 0.6 is 0 Å². The van der Waals surface area contributed by atoms with Crippen LogP contribution in [0.1, 0.15) is 23.6 Å². The van der Waals surface area contributed by atoms with Crippen LogP contribution in [-0.2, 0) is 4.79 Å². The lowest BCUT2D eigenvalue weighted by Gasteiger charge is -2.07. The van der Waals surface area contributed by atoms with Gasteiger partial charge in [0.05, 0.1) is 0 Å². The molecule has 5 nitrogen and oxygen atoms in total. The first-order valence-corrected chi connectivity index (χ1v) is 8.64. The van der Waals surface area contributed by atoms with E-state index >= 15 is 0 Å². The van der Waals surface area contributed by atoms with Gasteiger partial charge in [-0.05, 0) is 49.1 Å². The molecule has 1 fully saturated rings. The number of aryl methyl sites for hydroxylation is 1. The Hall–Kier alpha value is -3.21. The van der Waals surface area contributed by atoms with Crippen LogP contribution in [0.15, 0.2) is 65.5 Å². The number of hydrogen-bond acceptors (Lipinski definition) is 3. The smallest absolute Gasteiger partial charge is 0.251 e. The topological polar surface area (TPSA) is 74.8 Å². The maximum atomic E-state index is 12.4. The average molecular weight is 345 g/mol. The normalized spacial score (nSPS) is 18.3. The predicted molar refractivity (Wildman–Crippen MR) is 101 cm³/mol. The van der Waals surface area contributed by atoms with Crippen molar-refractivity contribution in [3.63, 3.8) is 0 Å².